The van der Waals surface area contributed by atoms with Crippen molar-refractivity contribution < 1.29 is 9.90 Å². The summed E-state index contributed by atoms with van der Waals surface area (Å²) >= 11 is 0. The smallest absolute Gasteiger partial charge is 0.130 e. The van der Waals surface area contributed by atoms with Gasteiger partial charge in [0.15, 0.2) is 0 Å². The maximum absolute atomic E-state index is 10.3. The molecule has 0 aromatic rings. The van der Waals surface area contributed by atoms with Crippen LogP contribution in [-0.4, -0.2) is 17.5 Å². The van der Waals surface area contributed by atoms with Crippen molar-refractivity contribution in [3.63, 3.8) is 0 Å². The van der Waals surface area contributed by atoms with E-state index in [9.17, 15) is 4.79 Å². The van der Waals surface area contributed by atoms with Gasteiger partial charge in [0.05, 0.1) is 0 Å². The van der Waals surface area contributed by atoms with Crippen molar-refractivity contribution in [1.29, 1.82) is 0 Å². The molecule has 0 fully saturated rings. The number of Topliss-reactive ketones (excluding diaryl/α,β-unsaturated/α-hetero) is 1. The molecule has 0 radical (unpaired) electrons. The number of ketones is 1. The summed E-state index contributed by atoms with van der Waals surface area (Å²) in [5.74, 6) is 0.277. The van der Waals surface area contributed by atoms with Crippen LogP contribution in [0.2, 0.25) is 0 Å². The zero-order valence-corrected chi connectivity index (χ0v) is 5.35. The zero-order valence-electron chi connectivity index (χ0n) is 5.35. The van der Waals surface area contributed by atoms with Crippen LogP contribution in [0, 0.1) is 5.92 Å². The van der Waals surface area contributed by atoms with Crippen molar-refractivity contribution in [3.8, 4) is 0 Å². The highest BCUT2D eigenvalue weighted by Gasteiger charge is 2.01. The standard InChI is InChI=1S/C6H12O2/c1-5(4-7)3-6(2)8/h5,7H,3-4H2,1-2H3/t5-/m1/s1. The first kappa shape index (κ1) is 7.63. The Kier molecular flexibility index (Phi) is 3.44. The Balaban J connectivity index is 3.24. The summed E-state index contributed by atoms with van der Waals surface area (Å²) in [6, 6.07) is 0. The molecule has 0 heterocycles. The molecule has 0 rings (SSSR count). The molecular weight excluding hydrogens is 104 g/mol. The Hall–Kier alpha value is -0.370. The second-order valence-electron chi connectivity index (χ2n) is 2.19. The zero-order chi connectivity index (χ0) is 6.57. The van der Waals surface area contributed by atoms with E-state index in [0.717, 1.165) is 0 Å². The molecule has 8 heavy (non-hydrogen) atoms. The number of hydrogen-bond acceptors (Lipinski definition) is 2. The molecular formula is C6H12O2. The first-order valence-corrected chi connectivity index (χ1v) is 2.77. The van der Waals surface area contributed by atoms with Crippen molar-refractivity contribution in [1.82, 2.24) is 0 Å². The van der Waals surface area contributed by atoms with E-state index in [-0.39, 0.29) is 18.3 Å². The lowest BCUT2D eigenvalue weighted by atomic mass is 10.1. The van der Waals surface area contributed by atoms with Gasteiger partial charge in [-0.2, -0.15) is 0 Å². The summed E-state index contributed by atoms with van der Waals surface area (Å²) in [5, 5.41) is 8.43. The molecule has 0 aromatic heterocycles. The molecule has 1 atom stereocenters. The number of hydrogen-bond donors (Lipinski definition) is 1. The van der Waals surface area contributed by atoms with E-state index in [4.69, 9.17) is 5.11 Å². The van der Waals surface area contributed by atoms with Crippen molar-refractivity contribution in [3.05, 3.63) is 0 Å². The number of aliphatic hydroxyl groups excluding tert-OH is 1. The average Bonchev–Trinajstić information content (AvgIpc) is 1.65. The summed E-state index contributed by atoms with van der Waals surface area (Å²) < 4.78 is 0. The lowest BCUT2D eigenvalue weighted by Crippen LogP contribution is -2.05. The van der Waals surface area contributed by atoms with Gasteiger partial charge in [-0.3, -0.25) is 0 Å². The van der Waals surface area contributed by atoms with Gasteiger partial charge in [-0.05, 0) is 12.8 Å². The predicted octanol–water partition coefficient (Wildman–Crippen LogP) is 0.594. The normalized spacial score (nSPS) is 13.4. The highest BCUT2D eigenvalue weighted by molar-refractivity contribution is 5.75. The van der Waals surface area contributed by atoms with Gasteiger partial charge in [0.25, 0.3) is 0 Å². The van der Waals surface area contributed by atoms with Gasteiger partial charge in [0.1, 0.15) is 5.78 Å². The molecule has 0 saturated heterocycles. The van der Waals surface area contributed by atoms with Crippen LogP contribution in [-0.2, 0) is 4.79 Å². The SMILES string of the molecule is CC(=O)C[C@@H](C)CO. The molecule has 0 bridgehead atoms. The summed E-state index contributed by atoms with van der Waals surface area (Å²) in [5.41, 5.74) is 0. The topological polar surface area (TPSA) is 37.3 Å². The molecule has 2 nitrogen and oxygen atoms in total. The molecule has 0 unspecified atom stereocenters. The quantitative estimate of drug-likeness (QED) is 0.586. The molecule has 0 aliphatic rings. The van der Waals surface area contributed by atoms with E-state index in [1.54, 1.807) is 0 Å². The Labute approximate surface area is 49.5 Å². The third-order valence-corrected chi connectivity index (χ3v) is 0.948. The highest BCUT2D eigenvalue weighted by atomic mass is 16.3. The van der Waals surface area contributed by atoms with Crippen molar-refractivity contribution in [2.75, 3.05) is 6.61 Å². The first-order chi connectivity index (χ1) is 3.66. The molecule has 0 amide bonds. The highest BCUT2D eigenvalue weighted by Crippen LogP contribution is 1.98. The number of carbonyl (C=O) groups excluding carboxylic acids is 1. The molecule has 0 saturated carbocycles. The Morgan fingerprint density at radius 3 is 2.38 bits per heavy atom. The van der Waals surface area contributed by atoms with Crippen LogP contribution in [0.15, 0.2) is 0 Å². The van der Waals surface area contributed by atoms with Crippen molar-refractivity contribution >= 4 is 5.78 Å². The molecule has 0 aromatic carbocycles. The molecule has 1 N–H and O–H groups in total. The summed E-state index contributed by atoms with van der Waals surface area (Å²) in [6.45, 7) is 3.49. The second-order valence-corrected chi connectivity index (χ2v) is 2.19. The van der Waals surface area contributed by atoms with Crippen LogP contribution in [0.5, 0.6) is 0 Å². The fraction of sp³-hybridized carbons (Fsp3) is 0.833. The Morgan fingerprint density at radius 2 is 2.25 bits per heavy atom. The van der Waals surface area contributed by atoms with Crippen LogP contribution in [0.4, 0.5) is 0 Å². The third kappa shape index (κ3) is 3.81. The maximum atomic E-state index is 10.3. The third-order valence-electron chi connectivity index (χ3n) is 0.948. The van der Waals surface area contributed by atoms with Gasteiger partial charge in [0, 0.05) is 13.0 Å². The van der Waals surface area contributed by atoms with E-state index >= 15 is 0 Å². The maximum Gasteiger partial charge on any atom is 0.130 e. The van der Waals surface area contributed by atoms with E-state index < -0.39 is 0 Å². The molecule has 0 spiro atoms. The Morgan fingerprint density at radius 1 is 1.75 bits per heavy atom. The molecule has 0 aliphatic carbocycles. The molecule has 48 valence electrons. The van der Waals surface area contributed by atoms with E-state index in [1.807, 2.05) is 6.92 Å². The minimum Gasteiger partial charge on any atom is -0.396 e. The van der Waals surface area contributed by atoms with E-state index in [0.29, 0.717) is 6.42 Å². The lowest BCUT2D eigenvalue weighted by Gasteiger charge is -2.01. The van der Waals surface area contributed by atoms with Crippen molar-refractivity contribution in [2.24, 2.45) is 5.92 Å². The predicted molar refractivity (Wildman–Crippen MR) is 31.5 cm³/mol. The van der Waals surface area contributed by atoms with Crippen LogP contribution < -0.4 is 0 Å². The minimum absolute atomic E-state index is 0.111. The van der Waals surface area contributed by atoms with Gasteiger partial charge >= 0.3 is 0 Å². The van der Waals surface area contributed by atoms with Gasteiger partial charge < -0.3 is 9.90 Å². The van der Waals surface area contributed by atoms with Crippen LogP contribution in [0.25, 0.3) is 0 Å². The van der Waals surface area contributed by atoms with Crippen LogP contribution in [0.3, 0.4) is 0 Å². The lowest BCUT2D eigenvalue weighted by molar-refractivity contribution is -0.118. The second kappa shape index (κ2) is 3.61. The molecule has 2 heteroatoms. The van der Waals surface area contributed by atoms with Crippen LogP contribution in [0.1, 0.15) is 20.3 Å². The monoisotopic (exact) mass is 116 g/mol. The largest absolute Gasteiger partial charge is 0.396 e. The van der Waals surface area contributed by atoms with Gasteiger partial charge in [0.2, 0.25) is 0 Å². The van der Waals surface area contributed by atoms with Crippen LogP contribution >= 0.6 is 0 Å². The minimum atomic E-state index is 0.111. The van der Waals surface area contributed by atoms with Gasteiger partial charge in [-0.15, -0.1) is 0 Å². The number of rotatable bonds is 3. The summed E-state index contributed by atoms with van der Waals surface area (Å²) in [7, 11) is 0. The van der Waals surface area contributed by atoms with E-state index in [1.165, 1.54) is 6.92 Å². The van der Waals surface area contributed by atoms with E-state index in [2.05, 4.69) is 0 Å². The first-order valence-electron chi connectivity index (χ1n) is 2.77. The van der Waals surface area contributed by atoms with Gasteiger partial charge in [-0.1, -0.05) is 6.92 Å². The number of carbonyl (C=O) groups is 1. The summed E-state index contributed by atoms with van der Waals surface area (Å²) in [4.78, 5) is 10.3. The van der Waals surface area contributed by atoms with Crippen molar-refractivity contribution in [2.45, 2.75) is 20.3 Å². The summed E-state index contributed by atoms with van der Waals surface area (Å²) in [6.07, 6.45) is 0.497. The number of aliphatic hydroxyl groups is 1. The van der Waals surface area contributed by atoms with Gasteiger partial charge in [-0.25, -0.2) is 0 Å². The fourth-order valence-electron chi connectivity index (χ4n) is 0.555. The average molecular weight is 116 g/mol. The fourth-order valence-corrected chi connectivity index (χ4v) is 0.555. The Bertz CT molecular complexity index is 78.6. The molecule has 0 aliphatic heterocycles.